The molecule has 0 aliphatic rings. The molecule has 0 amide bonds. The van der Waals surface area contributed by atoms with Gasteiger partial charge in [-0.15, -0.1) is 13.2 Å². The summed E-state index contributed by atoms with van der Waals surface area (Å²) >= 11 is 0. The predicted octanol–water partition coefficient (Wildman–Crippen LogP) is 2.48. The van der Waals surface area contributed by atoms with Crippen LogP contribution in [0.15, 0.2) is 24.3 Å². The number of ether oxygens (including phenoxy) is 1. The summed E-state index contributed by atoms with van der Waals surface area (Å²) in [5, 5.41) is 3.50. The molecule has 0 fully saturated rings. The maximum Gasteiger partial charge on any atom is 0.573 e. The lowest BCUT2D eigenvalue weighted by Gasteiger charge is -2.13. The SMILES string of the molecule is [CH2-][N]Cc1ccccc1OC(F)(F)F. The third-order valence-electron chi connectivity index (χ3n) is 1.48. The van der Waals surface area contributed by atoms with E-state index in [1.165, 1.54) is 18.2 Å². The topological polar surface area (TPSA) is 23.3 Å². The Balaban J connectivity index is 2.84. The third kappa shape index (κ3) is 3.26. The van der Waals surface area contributed by atoms with Gasteiger partial charge in [-0.25, -0.2) is 0 Å². The number of hydrogen-bond donors (Lipinski definition) is 0. The van der Waals surface area contributed by atoms with Gasteiger partial charge in [-0.3, -0.25) is 7.05 Å². The van der Waals surface area contributed by atoms with Gasteiger partial charge in [0.25, 0.3) is 0 Å². The van der Waals surface area contributed by atoms with Gasteiger partial charge < -0.3 is 10.1 Å². The van der Waals surface area contributed by atoms with Crippen molar-refractivity contribution in [3.05, 3.63) is 36.9 Å². The molecule has 0 unspecified atom stereocenters. The molecule has 0 heterocycles. The molecule has 0 aliphatic heterocycles. The number of rotatable bonds is 3. The van der Waals surface area contributed by atoms with Crippen molar-refractivity contribution >= 4 is 0 Å². The van der Waals surface area contributed by atoms with Gasteiger partial charge in [0.2, 0.25) is 0 Å². The average molecular weight is 203 g/mol. The van der Waals surface area contributed by atoms with Crippen molar-refractivity contribution in [3.8, 4) is 5.75 Å². The van der Waals surface area contributed by atoms with Crippen molar-refractivity contribution in [1.29, 1.82) is 0 Å². The molecule has 2 nitrogen and oxygen atoms in total. The van der Waals surface area contributed by atoms with E-state index in [4.69, 9.17) is 0 Å². The maximum atomic E-state index is 11.9. The van der Waals surface area contributed by atoms with Gasteiger partial charge in [0, 0.05) is 12.1 Å². The molecule has 0 atom stereocenters. The molecule has 1 rings (SSSR count). The van der Waals surface area contributed by atoms with Crippen molar-refractivity contribution in [2.75, 3.05) is 0 Å². The molecule has 0 aliphatic carbocycles. The number of para-hydroxylation sites is 1. The quantitative estimate of drug-likeness (QED) is 0.692. The average Bonchev–Trinajstić information content (AvgIpc) is 2.06. The fraction of sp³-hybridized carbons (Fsp3) is 0.222. The number of benzene rings is 1. The lowest BCUT2D eigenvalue weighted by Crippen LogP contribution is -2.18. The van der Waals surface area contributed by atoms with Crippen LogP contribution in [0.1, 0.15) is 5.56 Å². The fourth-order valence-electron chi connectivity index (χ4n) is 0.979. The Morgan fingerprint density at radius 1 is 1.29 bits per heavy atom. The van der Waals surface area contributed by atoms with Crippen molar-refractivity contribution in [2.45, 2.75) is 12.9 Å². The van der Waals surface area contributed by atoms with E-state index >= 15 is 0 Å². The third-order valence-corrected chi connectivity index (χ3v) is 1.48. The number of nitrogens with zero attached hydrogens (tertiary/aromatic N) is 1. The zero-order valence-corrected chi connectivity index (χ0v) is 7.21. The second-order valence-corrected chi connectivity index (χ2v) is 2.54. The highest BCUT2D eigenvalue weighted by Gasteiger charge is 2.31. The Morgan fingerprint density at radius 2 is 1.93 bits per heavy atom. The lowest BCUT2D eigenvalue weighted by atomic mass is 10.2. The van der Waals surface area contributed by atoms with Gasteiger partial charge in [0.05, 0.1) is 0 Å². The van der Waals surface area contributed by atoms with E-state index in [1.807, 2.05) is 0 Å². The molecule has 1 aromatic carbocycles. The summed E-state index contributed by atoms with van der Waals surface area (Å²) in [5.74, 6) is -0.229. The molecule has 0 saturated heterocycles. The van der Waals surface area contributed by atoms with Crippen LogP contribution in [0.4, 0.5) is 13.2 Å². The Hall–Kier alpha value is -1.23. The molecule has 0 saturated carbocycles. The molecule has 14 heavy (non-hydrogen) atoms. The molecule has 0 spiro atoms. The smallest absolute Gasteiger partial charge is 0.420 e. The van der Waals surface area contributed by atoms with Crippen molar-refractivity contribution in [1.82, 2.24) is 5.32 Å². The van der Waals surface area contributed by atoms with E-state index in [-0.39, 0.29) is 12.3 Å². The molecule has 1 radical (unpaired) electrons. The molecular formula is C9H8F3NO-. The molecule has 5 heteroatoms. The predicted molar refractivity (Wildman–Crippen MR) is 44.3 cm³/mol. The highest BCUT2D eigenvalue weighted by Crippen LogP contribution is 2.25. The largest absolute Gasteiger partial charge is 0.573 e. The summed E-state index contributed by atoms with van der Waals surface area (Å²) in [5.41, 5.74) is 0.361. The van der Waals surface area contributed by atoms with E-state index in [0.29, 0.717) is 5.56 Å². The first kappa shape index (κ1) is 10.8. The van der Waals surface area contributed by atoms with E-state index in [2.05, 4.69) is 17.1 Å². The highest BCUT2D eigenvalue weighted by atomic mass is 19.4. The van der Waals surface area contributed by atoms with Crippen LogP contribution >= 0.6 is 0 Å². The summed E-state index contributed by atoms with van der Waals surface area (Å²) in [6.07, 6.45) is -4.67. The van der Waals surface area contributed by atoms with Crippen LogP contribution < -0.4 is 10.1 Å². The van der Waals surface area contributed by atoms with Gasteiger partial charge in [0.1, 0.15) is 5.75 Å². The summed E-state index contributed by atoms with van der Waals surface area (Å²) < 4.78 is 39.5. The van der Waals surface area contributed by atoms with Crippen molar-refractivity contribution in [2.24, 2.45) is 0 Å². The summed E-state index contributed by atoms with van der Waals surface area (Å²) in [6, 6.07) is 5.83. The highest BCUT2D eigenvalue weighted by molar-refractivity contribution is 5.33. The zero-order chi connectivity index (χ0) is 10.6. The Morgan fingerprint density at radius 3 is 2.50 bits per heavy atom. The molecular weight excluding hydrogens is 195 g/mol. The Bertz CT molecular complexity index is 298. The number of halogens is 3. The summed E-state index contributed by atoms with van der Waals surface area (Å²) in [7, 11) is 3.21. The minimum Gasteiger partial charge on any atom is -0.420 e. The zero-order valence-electron chi connectivity index (χ0n) is 7.21. The van der Waals surface area contributed by atoms with Crippen LogP contribution in [-0.4, -0.2) is 6.36 Å². The van der Waals surface area contributed by atoms with E-state index in [1.54, 1.807) is 6.07 Å². The monoisotopic (exact) mass is 203 g/mol. The molecule has 0 aromatic heterocycles. The van der Waals surface area contributed by atoms with E-state index in [9.17, 15) is 13.2 Å². The lowest BCUT2D eigenvalue weighted by molar-refractivity contribution is -0.274. The first-order valence-electron chi connectivity index (χ1n) is 3.79. The number of alkyl halides is 3. The maximum absolute atomic E-state index is 11.9. The van der Waals surface area contributed by atoms with Gasteiger partial charge in [-0.2, -0.15) is 0 Å². The molecule has 77 valence electrons. The van der Waals surface area contributed by atoms with E-state index < -0.39 is 6.36 Å². The van der Waals surface area contributed by atoms with Crippen LogP contribution in [0.3, 0.4) is 0 Å². The fourth-order valence-corrected chi connectivity index (χ4v) is 0.979. The minimum atomic E-state index is -4.67. The number of hydrogen-bond acceptors (Lipinski definition) is 1. The van der Waals surface area contributed by atoms with Gasteiger partial charge >= 0.3 is 6.36 Å². The van der Waals surface area contributed by atoms with Crippen molar-refractivity contribution in [3.63, 3.8) is 0 Å². The normalized spacial score (nSPS) is 11.4. The first-order chi connectivity index (χ1) is 6.53. The second-order valence-electron chi connectivity index (χ2n) is 2.54. The van der Waals surface area contributed by atoms with Crippen LogP contribution in [0.25, 0.3) is 0 Å². The molecule has 0 N–H and O–H groups in total. The Labute approximate surface area is 79.7 Å². The van der Waals surface area contributed by atoms with Crippen LogP contribution in [0, 0.1) is 7.05 Å². The summed E-state index contributed by atoms with van der Waals surface area (Å²) in [6.45, 7) is 0.103. The van der Waals surface area contributed by atoms with Crippen molar-refractivity contribution < 1.29 is 17.9 Å². The second kappa shape index (κ2) is 4.32. The van der Waals surface area contributed by atoms with Gasteiger partial charge in [-0.1, -0.05) is 18.2 Å². The van der Waals surface area contributed by atoms with Crippen LogP contribution in [0.2, 0.25) is 0 Å². The van der Waals surface area contributed by atoms with Crippen LogP contribution in [0.5, 0.6) is 5.75 Å². The summed E-state index contributed by atoms with van der Waals surface area (Å²) in [4.78, 5) is 0. The van der Waals surface area contributed by atoms with Gasteiger partial charge in [-0.05, 0) is 6.07 Å². The Kier molecular flexibility index (Phi) is 3.35. The minimum absolute atomic E-state index is 0.103. The molecule has 0 bridgehead atoms. The van der Waals surface area contributed by atoms with Crippen LogP contribution in [-0.2, 0) is 6.54 Å². The standard InChI is InChI=1S/C9H8F3NO/c1-13-6-7-4-2-3-5-8(7)14-9(10,11)12/h2-5H,1,6H2/q-1. The van der Waals surface area contributed by atoms with Gasteiger partial charge in [0.15, 0.2) is 0 Å². The van der Waals surface area contributed by atoms with E-state index in [0.717, 1.165) is 0 Å². The molecule has 1 aromatic rings. The first-order valence-corrected chi connectivity index (χ1v) is 3.79.